The summed E-state index contributed by atoms with van der Waals surface area (Å²) in [4.78, 5) is 24.5. The van der Waals surface area contributed by atoms with Crippen molar-refractivity contribution in [2.45, 2.75) is 17.1 Å². The molecule has 0 spiro atoms. The summed E-state index contributed by atoms with van der Waals surface area (Å²) in [5.74, 6) is -1.02. The lowest BCUT2D eigenvalue weighted by Crippen LogP contribution is -2.40. The molecule has 2 aromatic rings. The van der Waals surface area contributed by atoms with E-state index in [0.717, 1.165) is 0 Å². The van der Waals surface area contributed by atoms with Crippen molar-refractivity contribution in [1.82, 2.24) is 4.31 Å². The molecule has 0 aromatic carbocycles. The van der Waals surface area contributed by atoms with Gasteiger partial charge in [-0.3, -0.25) is 9.59 Å². The summed E-state index contributed by atoms with van der Waals surface area (Å²) in [7, 11) is -3.48. The number of rotatable bonds is 6. The molecule has 0 amide bonds. The van der Waals surface area contributed by atoms with E-state index in [9.17, 15) is 18.0 Å². The Labute approximate surface area is 154 Å². The van der Waals surface area contributed by atoms with Crippen LogP contribution in [-0.2, 0) is 19.6 Å². The van der Waals surface area contributed by atoms with Crippen LogP contribution in [0.5, 0.6) is 0 Å². The van der Waals surface area contributed by atoms with Crippen LogP contribution in [0, 0.1) is 5.92 Å². The monoisotopic (exact) mass is 399 g/mol. The summed E-state index contributed by atoms with van der Waals surface area (Å²) in [6.07, 6.45) is 0.799. The van der Waals surface area contributed by atoms with Gasteiger partial charge in [0.15, 0.2) is 6.61 Å². The Kier molecular flexibility index (Phi) is 5.67. The molecule has 0 saturated carbocycles. The summed E-state index contributed by atoms with van der Waals surface area (Å²) >= 11 is 2.49. The van der Waals surface area contributed by atoms with E-state index in [0.29, 0.717) is 21.9 Å². The number of ketones is 1. The van der Waals surface area contributed by atoms with Crippen LogP contribution in [0.15, 0.2) is 39.2 Å². The number of nitrogens with zero attached hydrogens (tertiary/aromatic N) is 1. The minimum absolute atomic E-state index is 0.221. The Balaban J connectivity index is 1.50. The summed E-state index contributed by atoms with van der Waals surface area (Å²) in [5, 5.41) is 3.51. The number of Topliss-reactive ketones (excluding diaryl/α,β-unsaturated/α-hetero) is 1. The molecular weight excluding hydrogens is 382 g/mol. The fraction of sp³-hybridized carbons (Fsp3) is 0.375. The van der Waals surface area contributed by atoms with Gasteiger partial charge in [-0.1, -0.05) is 12.1 Å². The molecule has 134 valence electrons. The first-order valence-electron chi connectivity index (χ1n) is 7.75. The molecule has 1 aliphatic rings. The molecule has 3 heterocycles. The molecule has 1 saturated heterocycles. The molecule has 0 atom stereocenters. The van der Waals surface area contributed by atoms with E-state index >= 15 is 0 Å². The Morgan fingerprint density at radius 2 is 1.80 bits per heavy atom. The average Bonchev–Trinajstić information content (AvgIpc) is 3.33. The summed E-state index contributed by atoms with van der Waals surface area (Å²) < 4.78 is 31.7. The second-order valence-electron chi connectivity index (χ2n) is 5.62. The zero-order valence-electron chi connectivity index (χ0n) is 13.3. The fourth-order valence-electron chi connectivity index (χ4n) is 2.63. The SMILES string of the molecule is O=C(COC(=O)C1CCN(S(=O)(=O)c2cccs2)CC1)c1cccs1. The van der Waals surface area contributed by atoms with E-state index in [4.69, 9.17) is 4.74 Å². The van der Waals surface area contributed by atoms with Crippen molar-refractivity contribution in [1.29, 1.82) is 0 Å². The van der Waals surface area contributed by atoms with Gasteiger partial charge in [0.05, 0.1) is 10.8 Å². The third kappa shape index (κ3) is 4.17. The van der Waals surface area contributed by atoms with Gasteiger partial charge in [0.25, 0.3) is 10.0 Å². The van der Waals surface area contributed by atoms with E-state index < -0.39 is 16.0 Å². The van der Waals surface area contributed by atoms with Crippen LogP contribution >= 0.6 is 22.7 Å². The van der Waals surface area contributed by atoms with Crippen molar-refractivity contribution >= 4 is 44.4 Å². The van der Waals surface area contributed by atoms with Crippen LogP contribution in [0.3, 0.4) is 0 Å². The first-order chi connectivity index (χ1) is 12.0. The molecule has 0 N–H and O–H groups in total. The quantitative estimate of drug-likeness (QED) is 0.551. The van der Waals surface area contributed by atoms with E-state index in [2.05, 4.69) is 0 Å². The standard InChI is InChI=1S/C16H17NO5S3/c18-13(14-3-1-9-23-14)11-22-16(19)12-5-7-17(8-6-12)25(20,21)15-4-2-10-24-15/h1-4,9-10,12H,5-8,11H2. The highest BCUT2D eigenvalue weighted by Crippen LogP contribution is 2.26. The maximum Gasteiger partial charge on any atom is 0.309 e. The van der Waals surface area contributed by atoms with Crippen molar-refractivity contribution in [2.24, 2.45) is 5.92 Å². The summed E-state index contributed by atoms with van der Waals surface area (Å²) in [5.41, 5.74) is 0. The lowest BCUT2D eigenvalue weighted by Gasteiger charge is -2.29. The maximum atomic E-state index is 12.4. The van der Waals surface area contributed by atoms with Crippen molar-refractivity contribution in [3.8, 4) is 0 Å². The van der Waals surface area contributed by atoms with E-state index in [1.807, 2.05) is 0 Å². The zero-order chi connectivity index (χ0) is 17.9. The van der Waals surface area contributed by atoms with Gasteiger partial charge in [0.2, 0.25) is 5.78 Å². The smallest absolute Gasteiger partial charge is 0.309 e. The van der Waals surface area contributed by atoms with E-state index in [-0.39, 0.29) is 31.4 Å². The van der Waals surface area contributed by atoms with Crippen molar-refractivity contribution < 1.29 is 22.7 Å². The normalized spacial score (nSPS) is 16.6. The number of piperidine rings is 1. The van der Waals surface area contributed by atoms with Crippen molar-refractivity contribution in [3.63, 3.8) is 0 Å². The van der Waals surface area contributed by atoms with Crippen LogP contribution < -0.4 is 0 Å². The molecule has 0 aliphatic carbocycles. The first-order valence-corrected chi connectivity index (χ1v) is 11.0. The number of hydrogen-bond acceptors (Lipinski definition) is 7. The molecule has 6 nitrogen and oxygen atoms in total. The number of hydrogen-bond donors (Lipinski definition) is 0. The summed E-state index contributed by atoms with van der Waals surface area (Å²) in [6.45, 7) is 0.283. The number of esters is 1. The highest BCUT2D eigenvalue weighted by Gasteiger charge is 2.33. The lowest BCUT2D eigenvalue weighted by atomic mass is 9.98. The number of carbonyl (C=O) groups excluding carboxylic acids is 2. The van der Waals surface area contributed by atoms with Crippen molar-refractivity contribution in [3.05, 3.63) is 39.9 Å². The summed E-state index contributed by atoms with van der Waals surface area (Å²) in [6, 6.07) is 6.74. The number of ether oxygens (including phenoxy) is 1. The van der Waals surface area contributed by atoms with Crippen LogP contribution in [0.1, 0.15) is 22.5 Å². The fourth-order valence-corrected chi connectivity index (χ4v) is 5.90. The van der Waals surface area contributed by atoms with E-state index in [1.165, 1.54) is 27.0 Å². The second kappa shape index (κ2) is 7.77. The Hall–Kier alpha value is -1.55. The van der Waals surface area contributed by atoms with Gasteiger partial charge in [-0.25, -0.2) is 8.42 Å². The highest BCUT2D eigenvalue weighted by atomic mass is 32.2. The van der Waals surface area contributed by atoms with E-state index in [1.54, 1.807) is 35.0 Å². The van der Waals surface area contributed by atoms with Gasteiger partial charge in [0.1, 0.15) is 4.21 Å². The van der Waals surface area contributed by atoms with Crippen LogP contribution in [0.2, 0.25) is 0 Å². The molecular formula is C16H17NO5S3. The van der Waals surface area contributed by atoms with Crippen molar-refractivity contribution in [2.75, 3.05) is 19.7 Å². The van der Waals surface area contributed by atoms with Crippen LogP contribution in [0.4, 0.5) is 0 Å². The molecule has 0 radical (unpaired) electrons. The lowest BCUT2D eigenvalue weighted by molar-refractivity contribution is -0.148. The topological polar surface area (TPSA) is 80.8 Å². The number of carbonyl (C=O) groups is 2. The molecule has 2 aromatic heterocycles. The minimum atomic E-state index is -3.48. The zero-order valence-corrected chi connectivity index (χ0v) is 15.7. The third-order valence-corrected chi connectivity index (χ3v) is 8.20. The first kappa shape index (κ1) is 18.2. The molecule has 1 aliphatic heterocycles. The van der Waals surface area contributed by atoms with Gasteiger partial charge in [-0.15, -0.1) is 22.7 Å². The Morgan fingerprint density at radius 3 is 2.40 bits per heavy atom. The van der Waals surface area contributed by atoms with Crippen LogP contribution in [0.25, 0.3) is 0 Å². The second-order valence-corrected chi connectivity index (χ2v) is 9.68. The van der Waals surface area contributed by atoms with Gasteiger partial charge < -0.3 is 4.74 Å². The number of thiophene rings is 2. The minimum Gasteiger partial charge on any atom is -0.457 e. The van der Waals surface area contributed by atoms with Gasteiger partial charge in [-0.05, 0) is 35.7 Å². The average molecular weight is 400 g/mol. The predicted molar refractivity (Wildman–Crippen MR) is 95.4 cm³/mol. The molecule has 9 heteroatoms. The number of sulfonamides is 1. The van der Waals surface area contributed by atoms with Gasteiger partial charge in [-0.2, -0.15) is 4.31 Å². The molecule has 1 fully saturated rings. The maximum absolute atomic E-state index is 12.4. The third-order valence-electron chi connectivity index (χ3n) is 4.02. The molecule has 0 unspecified atom stereocenters. The molecule has 0 bridgehead atoms. The molecule has 3 rings (SSSR count). The van der Waals surface area contributed by atoms with Gasteiger partial charge in [0, 0.05) is 13.1 Å². The Morgan fingerprint density at radius 1 is 1.12 bits per heavy atom. The molecule has 25 heavy (non-hydrogen) atoms. The predicted octanol–water partition coefficient (Wildman–Crippen LogP) is 2.64. The Bertz CT molecular complexity index is 819. The van der Waals surface area contributed by atoms with Gasteiger partial charge >= 0.3 is 5.97 Å². The largest absolute Gasteiger partial charge is 0.457 e. The van der Waals surface area contributed by atoms with Crippen LogP contribution in [-0.4, -0.2) is 44.2 Å². The highest BCUT2D eigenvalue weighted by molar-refractivity contribution is 7.91.